The van der Waals surface area contributed by atoms with Gasteiger partial charge in [-0.3, -0.25) is 13.9 Å². The zero-order chi connectivity index (χ0) is 24.0. The number of aryl methyl sites for hydroxylation is 1. The Morgan fingerprint density at radius 1 is 1.21 bits per heavy atom. The van der Waals surface area contributed by atoms with Crippen molar-refractivity contribution in [1.29, 1.82) is 0 Å². The number of nitrogens with zero attached hydrogens (tertiary/aromatic N) is 7. The molecule has 4 heterocycles. The van der Waals surface area contributed by atoms with E-state index in [1.807, 2.05) is 36.6 Å². The zero-order valence-electron chi connectivity index (χ0n) is 19.6. The molecule has 1 fully saturated rings. The fourth-order valence-corrected chi connectivity index (χ4v) is 5.01. The summed E-state index contributed by atoms with van der Waals surface area (Å²) >= 11 is 1.14. The summed E-state index contributed by atoms with van der Waals surface area (Å²) in [5, 5.41) is 0. The second-order valence-corrected chi connectivity index (χ2v) is 9.67. The lowest BCUT2D eigenvalue weighted by Crippen LogP contribution is -2.44. The van der Waals surface area contributed by atoms with Crippen molar-refractivity contribution in [3.8, 4) is 0 Å². The van der Waals surface area contributed by atoms with Crippen LogP contribution in [-0.4, -0.2) is 46.6 Å². The maximum atomic E-state index is 13.7. The Kier molecular flexibility index (Phi) is 5.82. The van der Waals surface area contributed by atoms with Gasteiger partial charge in [-0.1, -0.05) is 17.7 Å². The average Bonchev–Trinajstić information content (AvgIpc) is 3.43. The summed E-state index contributed by atoms with van der Waals surface area (Å²) < 4.78 is 13.2. The van der Waals surface area contributed by atoms with E-state index >= 15 is 0 Å². The van der Waals surface area contributed by atoms with Gasteiger partial charge in [0.1, 0.15) is 11.0 Å². The molecule has 34 heavy (non-hydrogen) atoms. The third kappa shape index (κ3) is 3.94. The number of fused-ring (bicyclic) bond motifs is 2. The second-order valence-electron chi connectivity index (χ2n) is 9.14. The molecular formula is C23H28N8O2S. The Morgan fingerprint density at radius 2 is 2.00 bits per heavy atom. The van der Waals surface area contributed by atoms with Gasteiger partial charge >= 0.3 is 5.69 Å². The summed E-state index contributed by atoms with van der Waals surface area (Å²) in [5.74, 6) is 0.683. The topological polar surface area (TPSA) is 117 Å². The van der Waals surface area contributed by atoms with E-state index in [1.54, 1.807) is 7.05 Å². The van der Waals surface area contributed by atoms with Crippen molar-refractivity contribution in [3.63, 3.8) is 0 Å². The van der Waals surface area contributed by atoms with Gasteiger partial charge in [0.25, 0.3) is 5.56 Å². The molecule has 1 aliphatic rings. The molecule has 4 aromatic rings. The van der Waals surface area contributed by atoms with Crippen LogP contribution in [0.1, 0.15) is 32.3 Å². The molecule has 0 saturated carbocycles. The largest absolute Gasteiger partial charge is 0.341 e. The Hall–Kier alpha value is -3.31. The zero-order valence-corrected chi connectivity index (χ0v) is 20.4. The summed E-state index contributed by atoms with van der Waals surface area (Å²) in [6.07, 6.45) is 3.99. The van der Waals surface area contributed by atoms with Gasteiger partial charge in [0, 0.05) is 32.7 Å². The molecular weight excluding hydrogens is 452 g/mol. The van der Waals surface area contributed by atoms with Crippen molar-refractivity contribution in [2.45, 2.75) is 45.8 Å². The predicted octanol–water partition coefficient (Wildman–Crippen LogP) is 1.84. The summed E-state index contributed by atoms with van der Waals surface area (Å²) in [6.45, 7) is 6.16. The molecule has 1 aliphatic heterocycles. The van der Waals surface area contributed by atoms with Gasteiger partial charge < -0.3 is 15.2 Å². The number of nitrogens with two attached hydrogens (primary N) is 1. The van der Waals surface area contributed by atoms with Crippen molar-refractivity contribution < 1.29 is 0 Å². The number of hydrogen-bond donors (Lipinski definition) is 1. The van der Waals surface area contributed by atoms with Crippen LogP contribution < -0.4 is 21.9 Å². The van der Waals surface area contributed by atoms with Crippen LogP contribution >= 0.6 is 11.7 Å². The molecule has 1 atom stereocenters. The highest BCUT2D eigenvalue weighted by molar-refractivity contribution is 7.00. The van der Waals surface area contributed by atoms with Gasteiger partial charge in [0.05, 0.1) is 18.3 Å². The first-order valence-corrected chi connectivity index (χ1v) is 12.1. The van der Waals surface area contributed by atoms with Gasteiger partial charge in [0.15, 0.2) is 11.2 Å². The third-order valence-electron chi connectivity index (χ3n) is 6.29. The highest BCUT2D eigenvalue weighted by Gasteiger charge is 2.26. The Bertz CT molecular complexity index is 1520. The van der Waals surface area contributed by atoms with E-state index in [0.717, 1.165) is 53.3 Å². The van der Waals surface area contributed by atoms with Crippen LogP contribution in [0.2, 0.25) is 0 Å². The molecule has 2 N–H and O–H groups in total. The minimum Gasteiger partial charge on any atom is -0.341 e. The molecule has 0 spiro atoms. The van der Waals surface area contributed by atoms with E-state index in [-0.39, 0.29) is 18.1 Å². The van der Waals surface area contributed by atoms with Crippen molar-refractivity contribution in [3.05, 3.63) is 56.2 Å². The molecule has 0 unspecified atom stereocenters. The Morgan fingerprint density at radius 3 is 2.76 bits per heavy atom. The minimum atomic E-state index is -0.400. The molecule has 178 valence electrons. The molecule has 10 nitrogen and oxygen atoms in total. The fourth-order valence-electron chi connectivity index (χ4n) is 4.49. The number of benzene rings is 1. The van der Waals surface area contributed by atoms with Crippen LogP contribution in [0.25, 0.3) is 22.2 Å². The maximum Gasteiger partial charge on any atom is 0.332 e. The molecule has 5 rings (SSSR count). The molecule has 1 saturated heterocycles. The SMILES string of the molecule is CC(C)=CCn1c(N2CCC[C@@H](N)C2)nc2c1c(=O)n(Cc1ccc3nsnc3c1)c(=O)n2C. The van der Waals surface area contributed by atoms with Crippen molar-refractivity contribution >= 4 is 39.9 Å². The quantitative estimate of drug-likeness (QED) is 0.433. The lowest BCUT2D eigenvalue weighted by molar-refractivity contribution is 0.495. The first kappa shape index (κ1) is 22.5. The molecule has 0 radical (unpaired) electrons. The Labute approximate surface area is 200 Å². The first-order valence-electron chi connectivity index (χ1n) is 11.4. The second kappa shape index (κ2) is 8.80. The minimum absolute atomic E-state index is 0.0565. The van der Waals surface area contributed by atoms with E-state index in [4.69, 9.17) is 10.7 Å². The molecule has 0 bridgehead atoms. The molecule has 11 heteroatoms. The lowest BCUT2D eigenvalue weighted by Gasteiger charge is -2.31. The van der Waals surface area contributed by atoms with E-state index in [2.05, 4.69) is 19.7 Å². The van der Waals surface area contributed by atoms with Gasteiger partial charge in [-0.25, -0.2) is 4.79 Å². The number of allylic oxidation sites excluding steroid dienone is 2. The van der Waals surface area contributed by atoms with Crippen LogP contribution in [0.5, 0.6) is 0 Å². The number of hydrogen-bond acceptors (Lipinski definition) is 8. The third-order valence-corrected chi connectivity index (χ3v) is 6.85. The Balaban J connectivity index is 1.68. The van der Waals surface area contributed by atoms with Crippen molar-refractivity contribution in [1.82, 2.24) is 27.4 Å². The summed E-state index contributed by atoms with van der Waals surface area (Å²) in [4.78, 5) is 33.9. The van der Waals surface area contributed by atoms with Gasteiger partial charge in [-0.05, 0) is 44.4 Å². The first-order chi connectivity index (χ1) is 16.3. The van der Waals surface area contributed by atoms with Crippen LogP contribution in [-0.2, 0) is 20.1 Å². The van der Waals surface area contributed by atoms with Gasteiger partial charge in [-0.15, -0.1) is 0 Å². The van der Waals surface area contributed by atoms with E-state index in [1.165, 1.54) is 9.13 Å². The summed E-state index contributed by atoms with van der Waals surface area (Å²) in [5.41, 5.74) is 9.80. The smallest absolute Gasteiger partial charge is 0.332 e. The maximum absolute atomic E-state index is 13.7. The van der Waals surface area contributed by atoms with Gasteiger partial charge in [-0.2, -0.15) is 13.7 Å². The average molecular weight is 481 g/mol. The van der Waals surface area contributed by atoms with Gasteiger partial charge in [0.2, 0.25) is 5.95 Å². The van der Waals surface area contributed by atoms with Crippen LogP contribution in [0.15, 0.2) is 39.4 Å². The monoisotopic (exact) mass is 480 g/mol. The number of anilines is 1. The van der Waals surface area contributed by atoms with E-state index < -0.39 is 5.69 Å². The standard InChI is InChI=1S/C23H28N8O2S/c1-14(2)8-10-30-19-20(25-22(30)29-9-4-5-16(24)13-29)28(3)23(33)31(21(19)32)12-15-6-7-17-18(11-15)27-34-26-17/h6-8,11,16H,4-5,9-10,12-13,24H2,1-3H3/t16-/m1/s1. The van der Waals surface area contributed by atoms with E-state index in [9.17, 15) is 9.59 Å². The highest BCUT2D eigenvalue weighted by atomic mass is 32.1. The van der Waals surface area contributed by atoms with Crippen LogP contribution in [0, 0.1) is 0 Å². The molecule has 3 aromatic heterocycles. The molecule has 1 aromatic carbocycles. The normalized spacial score (nSPS) is 16.5. The summed E-state index contributed by atoms with van der Waals surface area (Å²) in [6, 6.07) is 5.66. The number of aromatic nitrogens is 6. The lowest BCUT2D eigenvalue weighted by atomic mass is 10.1. The van der Waals surface area contributed by atoms with Crippen LogP contribution in [0.3, 0.4) is 0 Å². The molecule has 0 amide bonds. The molecule has 0 aliphatic carbocycles. The number of piperidine rings is 1. The van der Waals surface area contributed by atoms with Crippen molar-refractivity contribution in [2.24, 2.45) is 12.8 Å². The van der Waals surface area contributed by atoms with E-state index in [0.29, 0.717) is 30.2 Å². The van der Waals surface area contributed by atoms with Crippen LogP contribution in [0.4, 0.5) is 5.95 Å². The fraction of sp³-hybridized carbons (Fsp3) is 0.435. The number of imidazole rings is 1. The van der Waals surface area contributed by atoms with Crippen molar-refractivity contribution in [2.75, 3.05) is 18.0 Å². The highest BCUT2D eigenvalue weighted by Crippen LogP contribution is 2.23. The predicted molar refractivity (Wildman–Crippen MR) is 135 cm³/mol. The summed E-state index contributed by atoms with van der Waals surface area (Å²) in [7, 11) is 1.66. The number of rotatable bonds is 5.